The summed E-state index contributed by atoms with van der Waals surface area (Å²) in [6, 6.07) is 5.88. The molecule has 1 N–H and O–H groups in total. The van der Waals surface area contributed by atoms with Crippen molar-refractivity contribution in [3.63, 3.8) is 0 Å². The lowest BCUT2D eigenvalue weighted by Gasteiger charge is -2.30. The van der Waals surface area contributed by atoms with Gasteiger partial charge in [0.25, 0.3) is 5.91 Å². The number of carbonyl (C=O) groups is 1. The van der Waals surface area contributed by atoms with E-state index in [9.17, 15) is 13.2 Å². The van der Waals surface area contributed by atoms with Gasteiger partial charge in [-0.15, -0.1) is 0 Å². The third-order valence-corrected chi connectivity index (χ3v) is 6.99. The number of hydrogen-bond donors (Lipinski definition) is 1. The van der Waals surface area contributed by atoms with Crippen molar-refractivity contribution in [3.8, 4) is 11.5 Å². The van der Waals surface area contributed by atoms with Crippen molar-refractivity contribution in [2.75, 3.05) is 31.3 Å². The lowest BCUT2D eigenvalue weighted by molar-refractivity contribution is -0.137. The summed E-state index contributed by atoms with van der Waals surface area (Å²) >= 11 is 0. The molecule has 1 saturated heterocycles. The van der Waals surface area contributed by atoms with Crippen molar-refractivity contribution in [3.05, 3.63) is 23.8 Å². The molecule has 0 aliphatic carbocycles. The van der Waals surface area contributed by atoms with E-state index in [0.717, 1.165) is 12.0 Å². The van der Waals surface area contributed by atoms with E-state index in [1.165, 1.54) is 0 Å². The second-order valence-electron chi connectivity index (χ2n) is 8.39. The molecule has 1 aromatic rings. The minimum atomic E-state index is -2.85. The molecular formula is C22H36N2O5S. The zero-order chi connectivity index (χ0) is 22.3. The fourth-order valence-corrected chi connectivity index (χ4v) is 5.75. The van der Waals surface area contributed by atoms with Crippen LogP contribution in [0.2, 0.25) is 0 Å². The van der Waals surface area contributed by atoms with Crippen LogP contribution < -0.4 is 14.8 Å². The summed E-state index contributed by atoms with van der Waals surface area (Å²) < 4.78 is 34.6. The topological polar surface area (TPSA) is 84.9 Å². The number of nitrogens with zero attached hydrogens (tertiary/aromatic N) is 1. The van der Waals surface area contributed by atoms with E-state index in [2.05, 4.69) is 5.32 Å². The Morgan fingerprint density at radius 1 is 1.17 bits per heavy atom. The van der Waals surface area contributed by atoms with Crippen molar-refractivity contribution in [2.24, 2.45) is 5.92 Å². The molecule has 1 atom stereocenters. The molecule has 1 aliphatic heterocycles. The molecule has 1 amide bonds. The Bertz CT molecular complexity index is 800. The monoisotopic (exact) mass is 440 g/mol. The van der Waals surface area contributed by atoms with Crippen LogP contribution in [0.25, 0.3) is 0 Å². The number of ether oxygens (including phenoxy) is 2. The van der Waals surface area contributed by atoms with Crippen molar-refractivity contribution in [2.45, 2.75) is 59.7 Å². The number of amides is 1. The van der Waals surface area contributed by atoms with E-state index in [4.69, 9.17) is 9.47 Å². The Morgan fingerprint density at radius 2 is 1.87 bits per heavy atom. The average molecular weight is 441 g/mol. The summed E-state index contributed by atoms with van der Waals surface area (Å²) in [4.78, 5) is 14.4. The van der Waals surface area contributed by atoms with Gasteiger partial charge in [-0.05, 0) is 71.2 Å². The van der Waals surface area contributed by atoms with Gasteiger partial charge in [0.15, 0.2) is 27.9 Å². The smallest absolute Gasteiger partial charge is 0.260 e. The minimum Gasteiger partial charge on any atom is -0.490 e. The summed E-state index contributed by atoms with van der Waals surface area (Å²) in [5, 5.41) is 3.34. The van der Waals surface area contributed by atoms with Crippen LogP contribution in [0.15, 0.2) is 18.2 Å². The van der Waals surface area contributed by atoms with E-state index < -0.39 is 9.84 Å². The molecule has 2 rings (SSSR count). The van der Waals surface area contributed by atoms with Gasteiger partial charge in [-0.3, -0.25) is 4.79 Å². The summed E-state index contributed by atoms with van der Waals surface area (Å²) in [7, 11) is -2.85. The lowest BCUT2D eigenvalue weighted by Crippen LogP contribution is -2.44. The van der Waals surface area contributed by atoms with Gasteiger partial charge in [0, 0.05) is 18.6 Å². The van der Waals surface area contributed by atoms with Gasteiger partial charge >= 0.3 is 0 Å². The van der Waals surface area contributed by atoms with Gasteiger partial charge in [-0.2, -0.15) is 0 Å². The van der Waals surface area contributed by atoms with Crippen LogP contribution in [0, 0.1) is 5.92 Å². The molecule has 8 heteroatoms. The molecule has 7 nitrogen and oxygen atoms in total. The number of carbonyl (C=O) groups excluding carboxylic acids is 1. The number of hydrogen-bond acceptors (Lipinski definition) is 6. The zero-order valence-corrected chi connectivity index (χ0v) is 19.6. The van der Waals surface area contributed by atoms with E-state index >= 15 is 0 Å². The van der Waals surface area contributed by atoms with Crippen LogP contribution in [0.4, 0.5) is 0 Å². The maximum absolute atomic E-state index is 12.6. The Labute approximate surface area is 181 Å². The zero-order valence-electron chi connectivity index (χ0n) is 18.8. The SMILES string of the molecule is CCOc1cc(CNCC2CCS(=O)(=O)C2)ccc1OCC(=O)N(C(C)C)C(C)C. The van der Waals surface area contributed by atoms with E-state index in [1.807, 2.05) is 57.7 Å². The summed E-state index contributed by atoms with van der Waals surface area (Å²) in [6.45, 7) is 11.6. The van der Waals surface area contributed by atoms with Crippen LogP contribution in [0.3, 0.4) is 0 Å². The van der Waals surface area contributed by atoms with Gasteiger partial charge in [0.2, 0.25) is 0 Å². The van der Waals surface area contributed by atoms with Crippen LogP contribution in [-0.4, -0.2) is 62.6 Å². The maximum Gasteiger partial charge on any atom is 0.260 e. The largest absolute Gasteiger partial charge is 0.490 e. The summed E-state index contributed by atoms with van der Waals surface area (Å²) in [5.41, 5.74) is 1.02. The molecule has 0 saturated carbocycles. The number of benzene rings is 1. The number of nitrogens with one attached hydrogen (secondary N) is 1. The Kier molecular flexibility index (Phi) is 8.97. The quantitative estimate of drug-likeness (QED) is 0.569. The molecule has 1 aromatic carbocycles. The molecule has 1 heterocycles. The van der Waals surface area contributed by atoms with E-state index in [1.54, 1.807) is 0 Å². The summed E-state index contributed by atoms with van der Waals surface area (Å²) in [5.74, 6) is 1.84. The third kappa shape index (κ3) is 7.16. The van der Waals surface area contributed by atoms with E-state index in [0.29, 0.717) is 36.9 Å². The molecule has 0 spiro atoms. The molecule has 1 unspecified atom stereocenters. The van der Waals surface area contributed by atoms with Gasteiger partial charge in [0.1, 0.15) is 0 Å². The van der Waals surface area contributed by atoms with Crippen LogP contribution in [0.5, 0.6) is 11.5 Å². The predicted molar refractivity (Wildman–Crippen MR) is 119 cm³/mol. The van der Waals surface area contributed by atoms with Crippen LogP contribution in [-0.2, 0) is 21.2 Å². The molecule has 0 bridgehead atoms. The highest BCUT2D eigenvalue weighted by atomic mass is 32.2. The minimum absolute atomic E-state index is 0.0375. The maximum atomic E-state index is 12.6. The second-order valence-corrected chi connectivity index (χ2v) is 10.6. The van der Waals surface area contributed by atoms with Gasteiger partial charge in [0.05, 0.1) is 18.1 Å². The van der Waals surface area contributed by atoms with Crippen molar-refractivity contribution >= 4 is 15.7 Å². The van der Waals surface area contributed by atoms with Crippen molar-refractivity contribution < 1.29 is 22.7 Å². The van der Waals surface area contributed by atoms with Gasteiger partial charge < -0.3 is 19.7 Å². The standard InChI is InChI=1S/C22H36N2O5S/c1-6-28-21-11-18(12-23-13-19-9-10-30(26,27)15-19)7-8-20(21)29-14-22(25)24(16(2)3)17(4)5/h7-8,11,16-17,19,23H,6,9-10,12-15H2,1-5H3. The first-order valence-electron chi connectivity index (χ1n) is 10.7. The highest BCUT2D eigenvalue weighted by Crippen LogP contribution is 2.29. The Morgan fingerprint density at radius 3 is 2.43 bits per heavy atom. The van der Waals surface area contributed by atoms with Crippen LogP contribution >= 0.6 is 0 Å². The first-order valence-corrected chi connectivity index (χ1v) is 12.6. The first-order chi connectivity index (χ1) is 14.1. The Balaban J connectivity index is 1.94. The molecule has 170 valence electrons. The highest BCUT2D eigenvalue weighted by molar-refractivity contribution is 7.91. The Hall–Kier alpha value is -1.80. The second kappa shape index (κ2) is 11.0. The molecule has 0 radical (unpaired) electrons. The van der Waals surface area contributed by atoms with Gasteiger partial charge in [-0.25, -0.2) is 8.42 Å². The van der Waals surface area contributed by atoms with Gasteiger partial charge in [-0.1, -0.05) is 6.07 Å². The molecular weight excluding hydrogens is 404 g/mol. The molecule has 30 heavy (non-hydrogen) atoms. The highest BCUT2D eigenvalue weighted by Gasteiger charge is 2.27. The van der Waals surface area contributed by atoms with E-state index in [-0.39, 0.29) is 36.3 Å². The fourth-order valence-electron chi connectivity index (χ4n) is 3.89. The fraction of sp³-hybridized carbons (Fsp3) is 0.682. The van der Waals surface area contributed by atoms with Crippen molar-refractivity contribution in [1.29, 1.82) is 0 Å². The number of sulfone groups is 1. The number of rotatable bonds is 11. The first kappa shape index (κ1) is 24.5. The molecule has 1 fully saturated rings. The molecule has 0 aromatic heterocycles. The van der Waals surface area contributed by atoms with Crippen molar-refractivity contribution in [1.82, 2.24) is 10.2 Å². The van der Waals surface area contributed by atoms with Crippen LogP contribution in [0.1, 0.15) is 46.6 Å². The third-order valence-electron chi connectivity index (χ3n) is 5.15. The average Bonchev–Trinajstić information content (AvgIpc) is 2.99. The summed E-state index contributed by atoms with van der Waals surface area (Å²) in [6.07, 6.45) is 0.726. The predicted octanol–water partition coefficient (Wildman–Crippen LogP) is 2.63. The molecule has 1 aliphatic rings. The lowest BCUT2D eigenvalue weighted by atomic mass is 10.1. The normalized spacial score (nSPS) is 18.0.